The fourth-order valence-electron chi connectivity index (χ4n) is 5.74. The number of hydrogen-bond donors (Lipinski definition) is 1. The van der Waals surface area contributed by atoms with Crippen LogP contribution in [0.3, 0.4) is 0 Å². The van der Waals surface area contributed by atoms with Crippen molar-refractivity contribution < 1.29 is 18.7 Å². The summed E-state index contributed by atoms with van der Waals surface area (Å²) in [7, 11) is 0. The summed E-state index contributed by atoms with van der Waals surface area (Å²) in [4.78, 5) is 38.6. The van der Waals surface area contributed by atoms with Gasteiger partial charge in [-0.2, -0.15) is 0 Å². The van der Waals surface area contributed by atoms with Crippen LogP contribution in [0.5, 0.6) is 5.75 Å². The number of thioether (sulfide) groups is 1. The zero-order valence-electron chi connectivity index (χ0n) is 23.8. The van der Waals surface area contributed by atoms with E-state index in [2.05, 4.69) is 10.1 Å². The van der Waals surface area contributed by atoms with Crippen LogP contribution in [0.25, 0.3) is 27.6 Å². The Bertz CT molecular complexity index is 1950. The smallest absolute Gasteiger partial charge is 0.249 e. The zero-order valence-corrected chi connectivity index (χ0v) is 25.4. The number of fused-ring (bicyclic) bond motifs is 2. The van der Waals surface area contributed by atoms with Crippen molar-refractivity contribution in [1.82, 2.24) is 24.5 Å². The highest BCUT2D eigenvalue weighted by Crippen LogP contribution is 2.34. The number of imidazole rings is 1. The van der Waals surface area contributed by atoms with Crippen LogP contribution in [0, 0.1) is 0 Å². The van der Waals surface area contributed by atoms with Crippen LogP contribution in [0.2, 0.25) is 0 Å². The molecule has 10 nitrogen and oxygen atoms in total. The molecule has 4 heterocycles. The molecule has 7 rings (SSSR count). The number of benzene rings is 3. The van der Waals surface area contributed by atoms with E-state index in [4.69, 9.17) is 19.9 Å². The Morgan fingerprint density at radius 2 is 1.91 bits per heavy atom. The number of primary amides is 1. The lowest BCUT2D eigenvalue weighted by atomic mass is 9.86. The average Bonchev–Trinajstić information content (AvgIpc) is 3.83. The number of hydrogen-bond acceptors (Lipinski definition) is 9. The molecule has 0 saturated carbocycles. The molecule has 2 amide bonds. The molecule has 0 bridgehead atoms. The molecule has 6 aromatic rings. The van der Waals surface area contributed by atoms with E-state index in [9.17, 15) is 9.59 Å². The number of carbonyl (C=O) groups is 2. The molecule has 44 heavy (non-hydrogen) atoms. The molecule has 1 fully saturated rings. The number of para-hydroxylation sites is 1. The number of nitrogens with zero attached hydrogens (tertiary/aromatic N) is 5. The number of nitrogens with two attached hydrogens (primary N) is 1. The third-order valence-corrected chi connectivity index (χ3v) is 9.71. The molecule has 0 radical (unpaired) electrons. The molecule has 0 unspecified atom stereocenters. The summed E-state index contributed by atoms with van der Waals surface area (Å²) in [5, 5.41) is 4.49. The van der Waals surface area contributed by atoms with E-state index < -0.39 is 11.8 Å². The van der Waals surface area contributed by atoms with E-state index in [1.54, 1.807) is 34.6 Å². The Hall–Kier alpha value is -4.68. The Morgan fingerprint density at radius 1 is 1.09 bits per heavy atom. The molecular weight excluding hydrogens is 597 g/mol. The molecule has 1 saturated heterocycles. The number of oxazole rings is 1. The Kier molecular flexibility index (Phi) is 7.52. The fourth-order valence-corrected chi connectivity index (χ4v) is 7.08. The topological polar surface area (TPSA) is 129 Å². The van der Waals surface area contributed by atoms with Crippen molar-refractivity contribution in [2.45, 2.75) is 29.1 Å². The lowest BCUT2D eigenvalue weighted by molar-refractivity contribution is -0.133. The van der Waals surface area contributed by atoms with E-state index in [1.165, 1.54) is 11.3 Å². The van der Waals surface area contributed by atoms with Crippen molar-refractivity contribution in [2.24, 2.45) is 5.73 Å². The van der Waals surface area contributed by atoms with Gasteiger partial charge in [-0.1, -0.05) is 77.7 Å². The highest BCUT2D eigenvalue weighted by atomic mass is 32.2. The van der Waals surface area contributed by atoms with Gasteiger partial charge in [0, 0.05) is 12.1 Å². The van der Waals surface area contributed by atoms with Crippen LogP contribution in [-0.2, 0) is 4.79 Å². The second-order valence-corrected chi connectivity index (χ2v) is 12.5. The summed E-state index contributed by atoms with van der Waals surface area (Å²) in [6.07, 6.45) is 5.42. The molecule has 222 valence electrons. The van der Waals surface area contributed by atoms with Gasteiger partial charge in [0.1, 0.15) is 18.1 Å². The van der Waals surface area contributed by atoms with Gasteiger partial charge in [0.05, 0.1) is 18.2 Å². The maximum Gasteiger partial charge on any atom is 0.249 e. The molecule has 1 aliphatic heterocycles. The van der Waals surface area contributed by atoms with E-state index in [-0.39, 0.29) is 18.6 Å². The monoisotopic (exact) mass is 624 g/mol. The SMILES string of the molecule is CSc1nn2cc(-c3nc4c(OC[C@@H]5CCCN5C(=O)[C@H](c5ccccc5)c5ccccc5C(N)=O)cccc4o3)nc2s1. The van der Waals surface area contributed by atoms with Gasteiger partial charge in [0.2, 0.25) is 22.7 Å². The molecule has 2 N–H and O–H groups in total. The van der Waals surface area contributed by atoms with Crippen molar-refractivity contribution in [1.29, 1.82) is 0 Å². The predicted molar refractivity (Wildman–Crippen MR) is 169 cm³/mol. The minimum absolute atomic E-state index is 0.0871. The number of aromatic nitrogens is 4. The van der Waals surface area contributed by atoms with Gasteiger partial charge in [-0.3, -0.25) is 9.59 Å². The number of rotatable bonds is 9. The first kappa shape index (κ1) is 28.1. The second-order valence-electron chi connectivity index (χ2n) is 10.5. The first-order chi connectivity index (χ1) is 21.5. The van der Waals surface area contributed by atoms with Gasteiger partial charge >= 0.3 is 0 Å². The average molecular weight is 625 g/mol. The molecule has 3 aromatic carbocycles. The van der Waals surface area contributed by atoms with Crippen LogP contribution in [0.1, 0.15) is 40.2 Å². The Balaban J connectivity index is 1.14. The molecule has 1 aliphatic rings. The van der Waals surface area contributed by atoms with Crippen molar-refractivity contribution in [3.63, 3.8) is 0 Å². The van der Waals surface area contributed by atoms with Gasteiger partial charge in [0.25, 0.3) is 0 Å². The van der Waals surface area contributed by atoms with Gasteiger partial charge in [-0.15, -0.1) is 5.10 Å². The van der Waals surface area contributed by atoms with Gasteiger partial charge in [-0.05, 0) is 48.4 Å². The molecule has 3 aromatic heterocycles. The summed E-state index contributed by atoms with van der Waals surface area (Å²) >= 11 is 3.08. The molecule has 2 atom stereocenters. The summed E-state index contributed by atoms with van der Waals surface area (Å²) in [5.41, 5.74) is 9.23. The largest absolute Gasteiger partial charge is 0.489 e. The van der Waals surface area contributed by atoms with Crippen LogP contribution in [-0.4, -0.2) is 61.7 Å². The Morgan fingerprint density at radius 3 is 2.70 bits per heavy atom. The van der Waals surface area contributed by atoms with Crippen molar-refractivity contribution in [2.75, 3.05) is 19.4 Å². The molecule has 0 spiro atoms. The normalized spacial score (nSPS) is 15.7. The standard InChI is InChI=1S/C32H28N6O4S2/c1-43-32-36-38-17-23(34-31(38)44-32)29-35-27-24(14-7-15-25(27)42-29)41-18-20-11-8-16-37(20)30(40)26(19-9-3-2-4-10-19)21-12-5-6-13-22(21)28(33)39/h2-7,9-10,12-15,17,20,26H,8,11,16,18H2,1H3,(H2,33,39)/t20-,26+/m0/s1. The Labute approximate surface area is 260 Å². The minimum atomic E-state index is -0.673. The lowest BCUT2D eigenvalue weighted by Crippen LogP contribution is -2.42. The van der Waals surface area contributed by atoms with Crippen LogP contribution < -0.4 is 10.5 Å². The van der Waals surface area contributed by atoms with E-state index in [1.807, 2.05) is 71.8 Å². The molecule has 0 aliphatic carbocycles. The van der Waals surface area contributed by atoms with E-state index >= 15 is 0 Å². The fraction of sp³-hybridized carbons (Fsp3) is 0.219. The summed E-state index contributed by atoms with van der Waals surface area (Å²) < 4.78 is 15.0. The maximum absolute atomic E-state index is 14.3. The third-order valence-electron chi connectivity index (χ3n) is 7.81. The van der Waals surface area contributed by atoms with Crippen LogP contribution >= 0.6 is 23.1 Å². The lowest BCUT2D eigenvalue weighted by Gasteiger charge is -2.30. The first-order valence-electron chi connectivity index (χ1n) is 14.2. The number of ether oxygens (including phenoxy) is 1. The highest BCUT2D eigenvalue weighted by molar-refractivity contribution is 8.00. The molecular formula is C32H28N6O4S2. The number of amides is 2. The minimum Gasteiger partial charge on any atom is -0.489 e. The summed E-state index contributed by atoms with van der Waals surface area (Å²) in [5.74, 6) is -0.369. The van der Waals surface area contributed by atoms with Crippen LogP contribution in [0.4, 0.5) is 0 Å². The van der Waals surface area contributed by atoms with E-state index in [0.717, 1.165) is 27.7 Å². The van der Waals surface area contributed by atoms with Crippen LogP contribution in [0.15, 0.2) is 87.8 Å². The first-order valence-corrected chi connectivity index (χ1v) is 16.2. The number of carbonyl (C=O) groups excluding carboxylic acids is 2. The molecule has 12 heteroatoms. The van der Waals surface area contributed by atoms with Gasteiger partial charge < -0.3 is 19.8 Å². The third kappa shape index (κ3) is 5.20. The van der Waals surface area contributed by atoms with Crippen molar-refractivity contribution >= 4 is 51.0 Å². The summed E-state index contributed by atoms with van der Waals surface area (Å²) in [6, 6.07) is 22.0. The summed E-state index contributed by atoms with van der Waals surface area (Å²) in [6.45, 7) is 0.880. The maximum atomic E-state index is 14.3. The van der Waals surface area contributed by atoms with Gasteiger partial charge in [0.15, 0.2) is 15.4 Å². The predicted octanol–water partition coefficient (Wildman–Crippen LogP) is 5.62. The quantitative estimate of drug-likeness (QED) is 0.205. The van der Waals surface area contributed by atoms with E-state index in [0.29, 0.717) is 46.1 Å². The van der Waals surface area contributed by atoms with Crippen molar-refractivity contribution in [3.8, 4) is 17.3 Å². The zero-order chi connectivity index (χ0) is 30.2. The van der Waals surface area contributed by atoms with Crippen molar-refractivity contribution in [3.05, 3.63) is 95.7 Å². The van der Waals surface area contributed by atoms with Gasteiger partial charge in [-0.25, -0.2) is 14.5 Å². The second kappa shape index (κ2) is 11.8. The number of likely N-dealkylation sites (tertiary alicyclic amines) is 1. The highest BCUT2D eigenvalue weighted by Gasteiger charge is 2.36.